The molecule has 0 aliphatic carbocycles. The Morgan fingerprint density at radius 3 is 1.28 bits per heavy atom. The number of hydrogen-bond donors (Lipinski definition) is 0. The molecule has 0 atom stereocenters. The third kappa shape index (κ3) is 6.21. The van der Waals surface area contributed by atoms with E-state index in [1.807, 2.05) is 12.4 Å². The van der Waals surface area contributed by atoms with E-state index < -0.39 is 0 Å². The summed E-state index contributed by atoms with van der Waals surface area (Å²) in [5.74, 6) is 0. The maximum atomic E-state index is 4.44. The molecule has 0 aliphatic rings. The quantitative estimate of drug-likeness (QED) is 0.163. The zero-order valence-electron chi connectivity index (χ0n) is 38.5. The van der Waals surface area contributed by atoms with Crippen molar-refractivity contribution < 1.29 is 0 Å². The molecule has 0 spiro atoms. The molecule has 4 aromatic heterocycles. The molecule has 0 bridgehead atoms. The van der Waals surface area contributed by atoms with Gasteiger partial charge in [0.1, 0.15) is 0 Å². The predicted octanol–water partition coefficient (Wildman–Crippen LogP) is 17.7. The highest BCUT2D eigenvalue weighted by Crippen LogP contribution is 2.41. The van der Waals surface area contributed by atoms with Crippen LogP contribution in [0.5, 0.6) is 0 Å². The van der Waals surface area contributed by atoms with Crippen LogP contribution in [0.2, 0.25) is 0 Å². The number of hydrogen-bond acceptors (Lipinski definition) is 1. The summed E-state index contributed by atoms with van der Waals surface area (Å²) in [7, 11) is 0. The Labute approximate surface area is 409 Å². The third-order valence-electron chi connectivity index (χ3n) is 14.8. The maximum Gasteiger partial charge on any atom is 0.0541 e. The zero-order chi connectivity index (χ0) is 46.6. The maximum absolute atomic E-state index is 4.44. The van der Waals surface area contributed by atoms with E-state index in [2.05, 4.69) is 261 Å². The van der Waals surface area contributed by atoms with Crippen LogP contribution in [0.4, 0.5) is 0 Å². The fourth-order valence-corrected chi connectivity index (χ4v) is 11.5. The minimum Gasteiger partial charge on any atom is -0.309 e. The van der Waals surface area contributed by atoms with Gasteiger partial charge in [0, 0.05) is 67.2 Å². The normalized spacial score (nSPS) is 11.9. The Kier molecular flexibility index (Phi) is 8.62. The molecule has 0 radical (unpaired) electrons. The molecule has 11 aromatic carbocycles. The van der Waals surface area contributed by atoms with Crippen molar-refractivity contribution in [1.82, 2.24) is 18.7 Å². The Bertz CT molecular complexity index is 4610. The Morgan fingerprint density at radius 2 is 0.662 bits per heavy atom. The molecule has 330 valence electrons. The van der Waals surface area contributed by atoms with Gasteiger partial charge in [-0.3, -0.25) is 4.98 Å². The van der Waals surface area contributed by atoms with E-state index in [1.165, 1.54) is 92.7 Å². The van der Waals surface area contributed by atoms with Gasteiger partial charge in [0.15, 0.2) is 0 Å². The molecule has 4 heterocycles. The average Bonchev–Trinajstić information content (AvgIpc) is 4.08. The number of para-hydroxylation sites is 4. The molecule has 0 fully saturated rings. The standard InChI is InChI=1S/C67H42N4/c1-2-13-45-34-47(25-24-43(45)12-1)46-14-11-15-53(36-46)69-64-22-9-5-18-58(64)60-40-48(27-30-66(60)69)50-35-51(38-55(37-50)71-62-20-7-3-16-56(62)57-17-4-8-21-63(57)71)49-28-31-67-61(41-49)59-19-6-10-23-65(59)70(67)54-29-26-44-32-33-68-42-52(44)39-54/h1-42H. The summed E-state index contributed by atoms with van der Waals surface area (Å²) in [5, 5.41) is 12.2. The molecule has 0 N–H and O–H groups in total. The van der Waals surface area contributed by atoms with Crippen LogP contribution in [0.1, 0.15) is 0 Å². The summed E-state index contributed by atoms with van der Waals surface area (Å²) >= 11 is 0. The predicted molar refractivity (Wildman–Crippen MR) is 299 cm³/mol. The molecule has 0 saturated carbocycles. The molecule has 15 aromatic rings. The van der Waals surface area contributed by atoms with Gasteiger partial charge in [-0.2, -0.15) is 0 Å². The summed E-state index contributed by atoms with van der Waals surface area (Å²) < 4.78 is 7.27. The first-order chi connectivity index (χ1) is 35.2. The molecular formula is C67H42N4. The van der Waals surface area contributed by atoms with Gasteiger partial charge >= 0.3 is 0 Å². The largest absolute Gasteiger partial charge is 0.309 e. The lowest BCUT2D eigenvalue weighted by molar-refractivity contribution is 1.18. The van der Waals surface area contributed by atoms with Crippen molar-refractivity contribution in [2.75, 3.05) is 0 Å². The van der Waals surface area contributed by atoms with Crippen molar-refractivity contribution in [3.05, 3.63) is 255 Å². The minimum atomic E-state index is 1.12. The van der Waals surface area contributed by atoms with Crippen LogP contribution in [0, 0.1) is 0 Å². The van der Waals surface area contributed by atoms with E-state index in [0.717, 1.165) is 44.7 Å². The molecule has 15 rings (SSSR count). The third-order valence-corrected chi connectivity index (χ3v) is 14.8. The van der Waals surface area contributed by atoms with E-state index in [4.69, 9.17) is 0 Å². The summed E-state index contributed by atoms with van der Waals surface area (Å²) in [6.07, 6.45) is 3.81. The van der Waals surface area contributed by atoms with E-state index in [1.54, 1.807) is 0 Å². The van der Waals surface area contributed by atoms with Crippen LogP contribution >= 0.6 is 0 Å². The fraction of sp³-hybridized carbons (Fsp3) is 0. The minimum absolute atomic E-state index is 1.12. The van der Waals surface area contributed by atoms with E-state index in [-0.39, 0.29) is 0 Å². The lowest BCUT2D eigenvalue weighted by Gasteiger charge is -2.15. The molecule has 0 saturated heterocycles. The second-order valence-corrected chi connectivity index (χ2v) is 18.8. The Hall–Kier alpha value is -9.51. The van der Waals surface area contributed by atoms with Crippen LogP contribution < -0.4 is 0 Å². The summed E-state index contributed by atoms with van der Waals surface area (Å²) in [4.78, 5) is 4.44. The first-order valence-electron chi connectivity index (χ1n) is 24.3. The summed E-state index contributed by atoms with van der Waals surface area (Å²) in [6.45, 7) is 0. The summed E-state index contributed by atoms with van der Waals surface area (Å²) in [5.41, 5.74) is 17.5. The number of rotatable bonds is 6. The van der Waals surface area contributed by atoms with Crippen LogP contribution in [-0.2, 0) is 0 Å². The second kappa shape index (κ2) is 15.5. The second-order valence-electron chi connectivity index (χ2n) is 18.8. The average molecular weight is 903 g/mol. The first-order valence-corrected chi connectivity index (χ1v) is 24.3. The molecule has 0 unspecified atom stereocenters. The first kappa shape index (κ1) is 39.5. The van der Waals surface area contributed by atoms with Gasteiger partial charge in [-0.05, 0) is 153 Å². The van der Waals surface area contributed by atoms with Gasteiger partial charge < -0.3 is 13.7 Å². The zero-order valence-corrected chi connectivity index (χ0v) is 38.5. The number of nitrogens with zero attached hydrogens (tertiary/aromatic N) is 4. The molecule has 71 heavy (non-hydrogen) atoms. The fourth-order valence-electron chi connectivity index (χ4n) is 11.5. The Morgan fingerprint density at radius 1 is 0.225 bits per heavy atom. The van der Waals surface area contributed by atoms with Gasteiger partial charge in [0.25, 0.3) is 0 Å². The van der Waals surface area contributed by atoms with Crippen molar-refractivity contribution in [2.24, 2.45) is 0 Å². The number of pyridine rings is 1. The SMILES string of the molecule is c1cc(-c2ccc3ccccc3c2)cc(-n2c3ccccc3c3cc(-c4cc(-c5ccc6c(c5)c5ccccc5n6-c5ccc6ccncc6c5)cc(-n5c6ccccc6c6ccccc65)c4)ccc32)c1. The lowest BCUT2D eigenvalue weighted by Crippen LogP contribution is -1.96. The molecule has 4 heteroatoms. The highest BCUT2D eigenvalue weighted by molar-refractivity contribution is 6.13. The molecule has 0 aliphatic heterocycles. The van der Waals surface area contributed by atoms with Crippen LogP contribution in [0.3, 0.4) is 0 Å². The number of fused-ring (bicyclic) bond motifs is 11. The van der Waals surface area contributed by atoms with Gasteiger partial charge in [0.2, 0.25) is 0 Å². The highest BCUT2D eigenvalue weighted by atomic mass is 15.0. The van der Waals surface area contributed by atoms with Gasteiger partial charge in [-0.25, -0.2) is 0 Å². The van der Waals surface area contributed by atoms with Gasteiger partial charge in [-0.1, -0.05) is 140 Å². The summed E-state index contributed by atoms with van der Waals surface area (Å²) in [6, 6.07) is 89.5. The monoisotopic (exact) mass is 902 g/mol. The van der Waals surface area contributed by atoms with E-state index in [9.17, 15) is 0 Å². The van der Waals surface area contributed by atoms with Crippen molar-refractivity contribution in [2.45, 2.75) is 0 Å². The Balaban J connectivity index is 0.927. The van der Waals surface area contributed by atoms with E-state index >= 15 is 0 Å². The smallest absolute Gasteiger partial charge is 0.0541 e. The van der Waals surface area contributed by atoms with Crippen LogP contribution in [0.15, 0.2) is 255 Å². The highest BCUT2D eigenvalue weighted by Gasteiger charge is 2.19. The van der Waals surface area contributed by atoms with Crippen LogP contribution in [-0.4, -0.2) is 18.7 Å². The van der Waals surface area contributed by atoms with Gasteiger partial charge in [-0.15, -0.1) is 0 Å². The van der Waals surface area contributed by atoms with Crippen molar-refractivity contribution in [1.29, 1.82) is 0 Å². The molecule has 4 nitrogen and oxygen atoms in total. The van der Waals surface area contributed by atoms with E-state index in [0.29, 0.717) is 0 Å². The van der Waals surface area contributed by atoms with Crippen molar-refractivity contribution >= 4 is 87.0 Å². The molecule has 0 amide bonds. The lowest BCUT2D eigenvalue weighted by atomic mass is 9.96. The topological polar surface area (TPSA) is 27.7 Å². The number of benzene rings is 11. The van der Waals surface area contributed by atoms with Crippen molar-refractivity contribution in [3.63, 3.8) is 0 Å². The van der Waals surface area contributed by atoms with Crippen LogP contribution in [0.25, 0.3) is 137 Å². The number of aromatic nitrogens is 4. The molecular weight excluding hydrogens is 861 g/mol. The van der Waals surface area contributed by atoms with Crippen molar-refractivity contribution in [3.8, 4) is 50.4 Å². The van der Waals surface area contributed by atoms with Gasteiger partial charge in [0.05, 0.1) is 33.1 Å².